The molecule has 2 rings (SSSR count). The molecule has 0 amide bonds. The third kappa shape index (κ3) is 2.09. The Hall–Kier alpha value is -1.58. The van der Waals surface area contributed by atoms with E-state index in [4.69, 9.17) is 5.73 Å². The molecule has 15 heavy (non-hydrogen) atoms. The van der Waals surface area contributed by atoms with Gasteiger partial charge < -0.3 is 5.73 Å². The lowest BCUT2D eigenvalue weighted by Crippen LogP contribution is -2.09. The van der Waals surface area contributed by atoms with Gasteiger partial charge in [-0.15, -0.1) is 0 Å². The summed E-state index contributed by atoms with van der Waals surface area (Å²) < 4.78 is 1.68. The summed E-state index contributed by atoms with van der Waals surface area (Å²) in [7, 11) is 0. The van der Waals surface area contributed by atoms with Gasteiger partial charge in [-0.3, -0.25) is 0 Å². The predicted octanol–water partition coefficient (Wildman–Crippen LogP) is 1.90. The third-order valence-corrected chi connectivity index (χ3v) is 2.15. The lowest BCUT2D eigenvalue weighted by atomic mass is 9.91. The number of anilines is 1. The molecule has 0 saturated heterocycles. The van der Waals surface area contributed by atoms with E-state index in [0.717, 1.165) is 17.8 Å². The van der Waals surface area contributed by atoms with Crippen molar-refractivity contribution in [2.45, 2.75) is 27.2 Å². The van der Waals surface area contributed by atoms with Gasteiger partial charge in [0.2, 0.25) is 0 Å². The summed E-state index contributed by atoms with van der Waals surface area (Å²) in [6, 6.07) is 3.74. The molecular weight excluding hydrogens is 188 g/mol. The van der Waals surface area contributed by atoms with E-state index in [2.05, 4.69) is 30.9 Å². The van der Waals surface area contributed by atoms with Crippen molar-refractivity contribution in [2.75, 3.05) is 5.73 Å². The molecule has 2 aromatic heterocycles. The Kier molecular flexibility index (Phi) is 2.14. The Bertz CT molecular complexity index is 479. The van der Waals surface area contributed by atoms with Crippen molar-refractivity contribution in [1.82, 2.24) is 14.6 Å². The molecule has 0 aliphatic rings. The molecule has 0 atom stereocenters. The van der Waals surface area contributed by atoms with E-state index in [1.165, 1.54) is 0 Å². The number of hydrogen-bond donors (Lipinski definition) is 1. The number of nitrogen functional groups attached to an aromatic ring is 1. The van der Waals surface area contributed by atoms with Crippen LogP contribution in [0, 0.1) is 5.41 Å². The molecule has 2 aromatic rings. The molecule has 0 fully saturated rings. The number of nitrogens with two attached hydrogens (primary N) is 1. The van der Waals surface area contributed by atoms with Crippen LogP contribution in [0.1, 0.15) is 26.5 Å². The number of rotatable bonds is 1. The summed E-state index contributed by atoms with van der Waals surface area (Å²) in [5, 5.41) is 4.43. The lowest BCUT2D eigenvalue weighted by Gasteiger charge is -2.15. The molecule has 0 aliphatic carbocycles. The fourth-order valence-corrected chi connectivity index (χ4v) is 1.59. The first-order chi connectivity index (χ1) is 6.96. The number of aromatic nitrogens is 3. The van der Waals surface area contributed by atoms with Gasteiger partial charge in [0, 0.05) is 12.3 Å². The second-order valence-electron chi connectivity index (χ2n) is 5.01. The molecule has 4 heteroatoms. The van der Waals surface area contributed by atoms with Crippen molar-refractivity contribution in [3.8, 4) is 0 Å². The zero-order valence-corrected chi connectivity index (χ0v) is 9.36. The molecule has 0 saturated carbocycles. The standard InChI is InChI=1S/C11H16N4/c1-11(2,3)7-8-6-10-13-5-4-9(12)15(10)14-8/h4-6H,7,12H2,1-3H3. The SMILES string of the molecule is CC(C)(C)Cc1cc2nccc(N)n2n1. The Balaban J connectivity index is 2.44. The number of fused-ring (bicyclic) bond motifs is 1. The van der Waals surface area contributed by atoms with Crippen molar-refractivity contribution in [1.29, 1.82) is 0 Å². The van der Waals surface area contributed by atoms with Crippen LogP contribution in [0.5, 0.6) is 0 Å². The maximum absolute atomic E-state index is 5.79. The third-order valence-electron chi connectivity index (χ3n) is 2.15. The average molecular weight is 204 g/mol. The largest absolute Gasteiger partial charge is 0.384 e. The van der Waals surface area contributed by atoms with Crippen LogP contribution in [0.15, 0.2) is 18.3 Å². The van der Waals surface area contributed by atoms with Gasteiger partial charge in [0.05, 0.1) is 5.69 Å². The van der Waals surface area contributed by atoms with Gasteiger partial charge in [0.15, 0.2) is 5.65 Å². The molecule has 0 unspecified atom stereocenters. The van der Waals surface area contributed by atoms with Crippen LogP contribution in [0.4, 0.5) is 5.82 Å². The summed E-state index contributed by atoms with van der Waals surface area (Å²) >= 11 is 0. The normalized spacial score (nSPS) is 12.2. The zero-order valence-electron chi connectivity index (χ0n) is 9.36. The molecule has 0 radical (unpaired) electrons. The van der Waals surface area contributed by atoms with E-state index in [1.54, 1.807) is 16.8 Å². The second-order valence-corrected chi connectivity index (χ2v) is 5.01. The quantitative estimate of drug-likeness (QED) is 0.771. The van der Waals surface area contributed by atoms with Crippen LogP contribution >= 0.6 is 0 Å². The maximum Gasteiger partial charge on any atom is 0.157 e. The average Bonchev–Trinajstić information content (AvgIpc) is 2.45. The fourth-order valence-electron chi connectivity index (χ4n) is 1.59. The first kappa shape index (κ1) is 9.96. The van der Waals surface area contributed by atoms with Crippen molar-refractivity contribution in [3.63, 3.8) is 0 Å². The van der Waals surface area contributed by atoms with Gasteiger partial charge >= 0.3 is 0 Å². The molecule has 0 bridgehead atoms. The summed E-state index contributed by atoms with van der Waals surface area (Å²) in [4.78, 5) is 4.21. The van der Waals surface area contributed by atoms with Gasteiger partial charge in [-0.2, -0.15) is 9.61 Å². The van der Waals surface area contributed by atoms with E-state index in [9.17, 15) is 0 Å². The van der Waals surface area contributed by atoms with Crippen LogP contribution in [0.3, 0.4) is 0 Å². The molecule has 0 spiro atoms. The van der Waals surface area contributed by atoms with Crippen molar-refractivity contribution in [2.24, 2.45) is 5.41 Å². The molecule has 80 valence electrons. The van der Waals surface area contributed by atoms with Crippen LogP contribution < -0.4 is 5.73 Å². The van der Waals surface area contributed by atoms with Crippen LogP contribution in [-0.4, -0.2) is 14.6 Å². The highest BCUT2D eigenvalue weighted by molar-refractivity contribution is 5.46. The molecule has 2 N–H and O–H groups in total. The lowest BCUT2D eigenvalue weighted by molar-refractivity contribution is 0.405. The van der Waals surface area contributed by atoms with Crippen molar-refractivity contribution in [3.05, 3.63) is 24.0 Å². The number of nitrogens with zero attached hydrogens (tertiary/aromatic N) is 3. The maximum atomic E-state index is 5.79. The summed E-state index contributed by atoms with van der Waals surface area (Å²) in [6.07, 6.45) is 2.63. The van der Waals surface area contributed by atoms with Crippen LogP contribution in [0.25, 0.3) is 5.65 Å². The van der Waals surface area contributed by atoms with Gasteiger partial charge in [-0.1, -0.05) is 20.8 Å². The van der Waals surface area contributed by atoms with E-state index in [1.807, 2.05) is 6.07 Å². The summed E-state index contributed by atoms with van der Waals surface area (Å²) in [5.74, 6) is 0.625. The first-order valence-electron chi connectivity index (χ1n) is 5.05. The van der Waals surface area contributed by atoms with E-state index in [0.29, 0.717) is 5.82 Å². The van der Waals surface area contributed by atoms with E-state index >= 15 is 0 Å². The molecular formula is C11H16N4. The highest BCUT2D eigenvalue weighted by atomic mass is 15.3. The van der Waals surface area contributed by atoms with Gasteiger partial charge in [-0.25, -0.2) is 4.98 Å². The number of hydrogen-bond acceptors (Lipinski definition) is 3. The summed E-state index contributed by atoms with van der Waals surface area (Å²) in [5.41, 5.74) is 7.87. The minimum Gasteiger partial charge on any atom is -0.384 e. The first-order valence-corrected chi connectivity index (χ1v) is 5.05. The highest BCUT2D eigenvalue weighted by Crippen LogP contribution is 2.20. The van der Waals surface area contributed by atoms with Crippen LogP contribution in [-0.2, 0) is 6.42 Å². The van der Waals surface area contributed by atoms with Gasteiger partial charge in [0.1, 0.15) is 5.82 Å². The second kappa shape index (κ2) is 3.22. The van der Waals surface area contributed by atoms with E-state index in [-0.39, 0.29) is 5.41 Å². The Morgan fingerprint density at radius 3 is 2.73 bits per heavy atom. The smallest absolute Gasteiger partial charge is 0.157 e. The monoisotopic (exact) mass is 204 g/mol. The minimum absolute atomic E-state index is 0.229. The minimum atomic E-state index is 0.229. The zero-order chi connectivity index (χ0) is 11.1. The fraction of sp³-hybridized carbons (Fsp3) is 0.455. The Labute approximate surface area is 89.1 Å². The molecule has 4 nitrogen and oxygen atoms in total. The van der Waals surface area contributed by atoms with Crippen molar-refractivity contribution < 1.29 is 0 Å². The van der Waals surface area contributed by atoms with E-state index < -0.39 is 0 Å². The Morgan fingerprint density at radius 2 is 2.13 bits per heavy atom. The Morgan fingerprint density at radius 1 is 1.40 bits per heavy atom. The van der Waals surface area contributed by atoms with Gasteiger partial charge in [0.25, 0.3) is 0 Å². The van der Waals surface area contributed by atoms with Crippen LogP contribution in [0.2, 0.25) is 0 Å². The topological polar surface area (TPSA) is 56.2 Å². The predicted molar refractivity (Wildman–Crippen MR) is 60.6 cm³/mol. The van der Waals surface area contributed by atoms with Crippen molar-refractivity contribution >= 4 is 11.5 Å². The molecule has 0 aromatic carbocycles. The molecule has 2 heterocycles. The van der Waals surface area contributed by atoms with Gasteiger partial charge in [-0.05, 0) is 17.9 Å². The molecule has 0 aliphatic heterocycles. The summed E-state index contributed by atoms with van der Waals surface area (Å²) in [6.45, 7) is 6.56. The highest BCUT2D eigenvalue weighted by Gasteiger charge is 2.14.